The first-order valence-electron chi connectivity index (χ1n) is 5.77. The van der Waals surface area contributed by atoms with E-state index in [0.29, 0.717) is 11.7 Å². The van der Waals surface area contributed by atoms with Gasteiger partial charge in [-0.2, -0.15) is 4.98 Å². The molecule has 0 atom stereocenters. The van der Waals surface area contributed by atoms with E-state index in [9.17, 15) is 9.90 Å². The number of H-pyrrole nitrogens is 1. The summed E-state index contributed by atoms with van der Waals surface area (Å²) in [6.07, 6.45) is 6.99. The highest BCUT2D eigenvalue weighted by Crippen LogP contribution is 2.31. The lowest BCUT2D eigenvalue weighted by Crippen LogP contribution is -2.12. The molecule has 1 heterocycles. The highest BCUT2D eigenvalue weighted by molar-refractivity contribution is 5.93. The molecule has 0 spiro atoms. The lowest BCUT2D eigenvalue weighted by atomic mass is 10.00. The Morgan fingerprint density at radius 1 is 1.31 bits per heavy atom. The molecule has 0 bridgehead atoms. The molecule has 2 rings (SSSR count). The number of nitrogens with two attached hydrogens (primary N) is 1. The van der Waals surface area contributed by atoms with E-state index in [4.69, 9.17) is 5.73 Å². The van der Waals surface area contributed by atoms with E-state index >= 15 is 0 Å². The minimum Gasteiger partial charge on any atom is -0.492 e. The van der Waals surface area contributed by atoms with Crippen LogP contribution in [0.5, 0.6) is 5.88 Å². The normalized spacial score (nSPS) is 18.2. The summed E-state index contributed by atoms with van der Waals surface area (Å²) in [5.74, 6) is 0.0892. The average molecular weight is 223 g/mol. The van der Waals surface area contributed by atoms with Gasteiger partial charge in [0.15, 0.2) is 5.69 Å². The Bertz CT molecular complexity index is 379. The van der Waals surface area contributed by atoms with Crippen molar-refractivity contribution in [3.05, 3.63) is 11.5 Å². The van der Waals surface area contributed by atoms with Crippen molar-refractivity contribution in [3.63, 3.8) is 0 Å². The van der Waals surface area contributed by atoms with E-state index in [1.54, 1.807) is 0 Å². The third-order valence-electron chi connectivity index (χ3n) is 3.19. The number of amides is 1. The van der Waals surface area contributed by atoms with Gasteiger partial charge in [-0.15, -0.1) is 0 Å². The van der Waals surface area contributed by atoms with Crippen LogP contribution >= 0.6 is 0 Å². The van der Waals surface area contributed by atoms with Crippen molar-refractivity contribution in [1.29, 1.82) is 0 Å². The molecular formula is C11H17N3O2. The monoisotopic (exact) mass is 223 g/mol. The summed E-state index contributed by atoms with van der Waals surface area (Å²) in [6.45, 7) is 0. The van der Waals surface area contributed by atoms with Crippen LogP contribution in [0.4, 0.5) is 0 Å². The molecule has 1 aliphatic rings. The molecule has 0 radical (unpaired) electrons. The second kappa shape index (κ2) is 4.55. The van der Waals surface area contributed by atoms with Gasteiger partial charge in [-0.1, -0.05) is 25.7 Å². The Hall–Kier alpha value is -1.52. The average Bonchev–Trinajstić information content (AvgIpc) is 2.50. The lowest BCUT2D eigenvalue weighted by Gasteiger charge is -2.09. The van der Waals surface area contributed by atoms with Gasteiger partial charge in [-0.05, 0) is 12.8 Å². The summed E-state index contributed by atoms with van der Waals surface area (Å²) in [5, 5.41) is 9.46. The van der Waals surface area contributed by atoms with Gasteiger partial charge in [0.05, 0.1) is 0 Å². The van der Waals surface area contributed by atoms with Crippen LogP contribution in [-0.2, 0) is 0 Å². The second-order valence-electron chi connectivity index (χ2n) is 4.37. The van der Waals surface area contributed by atoms with Crippen molar-refractivity contribution in [2.75, 3.05) is 0 Å². The smallest absolute Gasteiger partial charge is 0.270 e. The Balaban J connectivity index is 2.19. The molecule has 5 nitrogen and oxygen atoms in total. The second-order valence-corrected chi connectivity index (χ2v) is 4.37. The predicted molar refractivity (Wildman–Crippen MR) is 59.2 cm³/mol. The van der Waals surface area contributed by atoms with Crippen molar-refractivity contribution >= 4 is 5.91 Å². The van der Waals surface area contributed by atoms with Crippen LogP contribution in [0.25, 0.3) is 0 Å². The summed E-state index contributed by atoms with van der Waals surface area (Å²) < 4.78 is 0. The molecule has 1 fully saturated rings. The number of aromatic nitrogens is 2. The third-order valence-corrected chi connectivity index (χ3v) is 3.19. The summed E-state index contributed by atoms with van der Waals surface area (Å²) >= 11 is 0. The number of rotatable bonds is 2. The summed E-state index contributed by atoms with van der Waals surface area (Å²) in [4.78, 5) is 17.8. The van der Waals surface area contributed by atoms with Crippen LogP contribution in [-0.4, -0.2) is 21.0 Å². The molecular weight excluding hydrogens is 206 g/mol. The van der Waals surface area contributed by atoms with Crippen molar-refractivity contribution in [2.24, 2.45) is 5.73 Å². The van der Waals surface area contributed by atoms with E-state index in [2.05, 4.69) is 9.97 Å². The first-order valence-corrected chi connectivity index (χ1v) is 5.77. The van der Waals surface area contributed by atoms with Gasteiger partial charge in [0.2, 0.25) is 5.88 Å². The van der Waals surface area contributed by atoms with Crippen molar-refractivity contribution in [3.8, 4) is 5.88 Å². The van der Waals surface area contributed by atoms with Gasteiger partial charge in [0, 0.05) is 5.92 Å². The summed E-state index contributed by atoms with van der Waals surface area (Å²) in [6, 6.07) is 0. The van der Waals surface area contributed by atoms with Crippen LogP contribution in [0.1, 0.15) is 60.8 Å². The number of carbonyl (C=O) groups is 1. The van der Waals surface area contributed by atoms with E-state index in [1.807, 2.05) is 0 Å². The molecule has 1 saturated carbocycles. The van der Waals surface area contributed by atoms with Crippen LogP contribution in [0.3, 0.4) is 0 Å². The summed E-state index contributed by atoms with van der Waals surface area (Å²) in [7, 11) is 0. The van der Waals surface area contributed by atoms with Gasteiger partial charge < -0.3 is 15.8 Å². The standard InChI is InChI=1S/C11H17N3O2/c12-9(15)8-11(16)14-10(13-8)7-5-3-1-2-4-6-7/h7,16H,1-6H2,(H2,12,15)(H,13,14). The molecule has 4 N–H and O–H groups in total. The number of hydrogen-bond acceptors (Lipinski definition) is 3. The van der Waals surface area contributed by atoms with E-state index in [0.717, 1.165) is 12.8 Å². The number of aromatic amines is 1. The number of nitrogens with zero attached hydrogens (tertiary/aromatic N) is 1. The highest BCUT2D eigenvalue weighted by Gasteiger charge is 2.21. The highest BCUT2D eigenvalue weighted by atomic mass is 16.3. The minimum atomic E-state index is -0.662. The van der Waals surface area contributed by atoms with Gasteiger partial charge in [-0.25, -0.2) is 0 Å². The number of hydrogen-bond donors (Lipinski definition) is 3. The molecule has 16 heavy (non-hydrogen) atoms. The van der Waals surface area contributed by atoms with Gasteiger partial charge in [0.25, 0.3) is 5.91 Å². The SMILES string of the molecule is NC(=O)c1[nH]c(C2CCCCCC2)nc1O. The predicted octanol–water partition coefficient (Wildman–Crippen LogP) is 1.65. The van der Waals surface area contributed by atoms with Crippen LogP contribution < -0.4 is 5.73 Å². The fourth-order valence-electron chi connectivity index (χ4n) is 2.30. The maximum absolute atomic E-state index is 11.0. The van der Waals surface area contributed by atoms with Gasteiger partial charge in [0.1, 0.15) is 5.82 Å². The largest absolute Gasteiger partial charge is 0.492 e. The topological polar surface area (TPSA) is 92.0 Å². The van der Waals surface area contributed by atoms with Crippen LogP contribution in [0, 0.1) is 0 Å². The lowest BCUT2D eigenvalue weighted by molar-refractivity contribution is 0.0993. The number of imidazole rings is 1. The number of carbonyl (C=O) groups excluding carboxylic acids is 1. The van der Waals surface area contributed by atoms with E-state index < -0.39 is 5.91 Å². The Morgan fingerprint density at radius 3 is 2.44 bits per heavy atom. The van der Waals surface area contributed by atoms with Gasteiger partial charge >= 0.3 is 0 Å². The van der Waals surface area contributed by atoms with Crippen molar-refractivity contribution in [1.82, 2.24) is 9.97 Å². The fraction of sp³-hybridized carbons (Fsp3) is 0.636. The first kappa shape index (κ1) is 11.0. The molecule has 0 aromatic carbocycles. The minimum absolute atomic E-state index is 0.0271. The molecule has 5 heteroatoms. The zero-order chi connectivity index (χ0) is 11.5. The maximum Gasteiger partial charge on any atom is 0.270 e. The Kier molecular flexibility index (Phi) is 3.12. The number of primary amides is 1. The van der Waals surface area contributed by atoms with Crippen LogP contribution in [0.2, 0.25) is 0 Å². The molecule has 1 aromatic rings. The van der Waals surface area contributed by atoms with E-state index in [-0.39, 0.29) is 11.6 Å². The van der Waals surface area contributed by atoms with E-state index in [1.165, 1.54) is 25.7 Å². The molecule has 88 valence electrons. The first-order chi connectivity index (χ1) is 7.68. The molecule has 0 saturated heterocycles. The number of aromatic hydroxyl groups is 1. The molecule has 1 aliphatic carbocycles. The maximum atomic E-state index is 11.0. The number of nitrogens with one attached hydrogen (secondary N) is 1. The van der Waals surface area contributed by atoms with Crippen molar-refractivity contribution < 1.29 is 9.90 Å². The molecule has 1 amide bonds. The fourth-order valence-corrected chi connectivity index (χ4v) is 2.30. The molecule has 1 aromatic heterocycles. The molecule has 0 aliphatic heterocycles. The van der Waals surface area contributed by atoms with Gasteiger partial charge in [-0.3, -0.25) is 4.79 Å². The third kappa shape index (κ3) is 2.18. The van der Waals surface area contributed by atoms with Crippen LogP contribution in [0.15, 0.2) is 0 Å². The molecule has 0 unspecified atom stereocenters. The van der Waals surface area contributed by atoms with Crippen molar-refractivity contribution in [2.45, 2.75) is 44.4 Å². The zero-order valence-corrected chi connectivity index (χ0v) is 9.20. The Labute approximate surface area is 94.1 Å². The zero-order valence-electron chi connectivity index (χ0n) is 9.20. The Morgan fingerprint density at radius 2 is 1.94 bits per heavy atom. The summed E-state index contributed by atoms with van der Waals surface area (Å²) in [5.41, 5.74) is 5.15. The quantitative estimate of drug-likeness (QED) is 0.665.